The average Bonchev–Trinajstić information content (AvgIpc) is 2.37. The molecular formula is C11H14N4O3. The number of pyridine rings is 1. The van der Waals surface area contributed by atoms with E-state index < -0.39 is 4.92 Å². The zero-order valence-electron chi connectivity index (χ0n) is 10.2. The third kappa shape index (κ3) is 3.15. The lowest BCUT2D eigenvalue weighted by atomic mass is 10.2. The molecule has 1 atom stereocenters. The lowest BCUT2D eigenvalue weighted by molar-refractivity contribution is -0.384. The predicted molar refractivity (Wildman–Crippen MR) is 65.2 cm³/mol. The number of nitrogens with one attached hydrogen (secondary N) is 1. The van der Waals surface area contributed by atoms with E-state index in [1.807, 2.05) is 6.92 Å². The Kier molecular flexibility index (Phi) is 5.02. The van der Waals surface area contributed by atoms with Gasteiger partial charge in [0, 0.05) is 13.3 Å². The fourth-order valence-corrected chi connectivity index (χ4v) is 1.49. The van der Waals surface area contributed by atoms with Crippen LogP contribution in [0, 0.1) is 21.4 Å². The summed E-state index contributed by atoms with van der Waals surface area (Å²) in [7, 11) is 1.55. The van der Waals surface area contributed by atoms with Gasteiger partial charge in [0.1, 0.15) is 11.6 Å². The van der Waals surface area contributed by atoms with Gasteiger partial charge in [-0.15, -0.1) is 0 Å². The zero-order chi connectivity index (χ0) is 13.5. The van der Waals surface area contributed by atoms with Crippen LogP contribution < -0.4 is 5.32 Å². The van der Waals surface area contributed by atoms with Crippen LogP contribution in [0.1, 0.15) is 18.9 Å². The number of hydrogen-bond donors (Lipinski definition) is 1. The highest BCUT2D eigenvalue weighted by molar-refractivity contribution is 5.64. The maximum Gasteiger partial charge on any atom is 0.328 e. The Morgan fingerprint density at radius 1 is 1.72 bits per heavy atom. The molecule has 1 N–H and O–H groups in total. The summed E-state index contributed by atoms with van der Waals surface area (Å²) in [5.74, 6) is 0.1000. The van der Waals surface area contributed by atoms with E-state index in [9.17, 15) is 10.1 Å². The molecule has 1 aromatic heterocycles. The quantitative estimate of drug-likeness (QED) is 0.609. The van der Waals surface area contributed by atoms with Gasteiger partial charge in [0.05, 0.1) is 17.6 Å². The number of anilines is 1. The van der Waals surface area contributed by atoms with Crippen LogP contribution in [0.15, 0.2) is 12.3 Å². The van der Waals surface area contributed by atoms with E-state index in [1.165, 1.54) is 12.3 Å². The summed E-state index contributed by atoms with van der Waals surface area (Å²) in [6, 6.07) is 3.02. The van der Waals surface area contributed by atoms with Crippen LogP contribution in [0.2, 0.25) is 0 Å². The molecule has 96 valence electrons. The van der Waals surface area contributed by atoms with E-state index in [-0.39, 0.29) is 23.1 Å². The molecule has 0 radical (unpaired) electrons. The van der Waals surface area contributed by atoms with E-state index in [4.69, 9.17) is 10.00 Å². The Morgan fingerprint density at radius 2 is 2.44 bits per heavy atom. The van der Waals surface area contributed by atoms with Gasteiger partial charge >= 0.3 is 5.69 Å². The second-order valence-corrected chi connectivity index (χ2v) is 3.63. The number of nitrogens with zero attached hydrogens (tertiary/aromatic N) is 3. The SMILES string of the molecule is CCC(COC)Nc1nccc(C#N)c1[N+](=O)[O-]. The summed E-state index contributed by atoms with van der Waals surface area (Å²) in [5, 5.41) is 22.7. The van der Waals surface area contributed by atoms with E-state index in [1.54, 1.807) is 13.2 Å². The lowest BCUT2D eigenvalue weighted by Gasteiger charge is -2.16. The van der Waals surface area contributed by atoms with Gasteiger partial charge in [-0.2, -0.15) is 5.26 Å². The molecule has 0 amide bonds. The maximum atomic E-state index is 11.0. The molecule has 0 aliphatic rings. The first-order valence-corrected chi connectivity index (χ1v) is 5.43. The molecular weight excluding hydrogens is 236 g/mol. The number of methoxy groups -OCH3 is 1. The van der Waals surface area contributed by atoms with Gasteiger partial charge in [-0.1, -0.05) is 6.92 Å². The molecule has 1 rings (SSSR count). The molecule has 0 bridgehead atoms. The smallest absolute Gasteiger partial charge is 0.328 e. The molecule has 0 spiro atoms. The minimum Gasteiger partial charge on any atom is -0.383 e. The summed E-state index contributed by atoms with van der Waals surface area (Å²) < 4.78 is 5.00. The summed E-state index contributed by atoms with van der Waals surface area (Å²) >= 11 is 0. The van der Waals surface area contributed by atoms with Gasteiger partial charge in [0.15, 0.2) is 0 Å². The standard InChI is InChI=1S/C11H14N4O3/c1-3-9(7-18-2)14-11-10(15(16)17)8(6-12)4-5-13-11/h4-5,9H,3,7H2,1-2H3,(H,13,14). The largest absolute Gasteiger partial charge is 0.383 e. The van der Waals surface area contributed by atoms with Gasteiger partial charge in [0.25, 0.3) is 0 Å². The highest BCUT2D eigenvalue weighted by atomic mass is 16.6. The van der Waals surface area contributed by atoms with Crippen LogP contribution in [0.25, 0.3) is 0 Å². The van der Waals surface area contributed by atoms with Crippen LogP contribution in [0.4, 0.5) is 11.5 Å². The fraction of sp³-hybridized carbons (Fsp3) is 0.455. The second kappa shape index (κ2) is 6.51. The molecule has 1 aromatic rings. The number of aromatic nitrogens is 1. The van der Waals surface area contributed by atoms with Gasteiger partial charge < -0.3 is 10.1 Å². The fourth-order valence-electron chi connectivity index (χ4n) is 1.49. The summed E-state index contributed by atoms with van der Waals surface area (Å²) in [5.41, 5.74) is -0.306. The third-order valence-electron chi connectivity index (χ3n) is 2.43. The monoisotopic (exact) mass is 250 g/mol. The van der Waals surface area contributed by atoms with Crippen molar-refractivity contribution in [3.05, 3.63) is 27.9 Å². The Morgan fingerprint density at radius 3 is 2.94 bits per heavy atom. The van der Waals surface area contributed by atoms with Crippen LogP contribution >= 0.6 is 0 Å². The van der Waals surface area contributed by atoms with Crippen LogP contribution in [-0.2, 0) is 4.74 Å². The first-order valence-electron chi connectivity index (χ1n) is 5.43. The highest BCUT2D eigenvalue weighted by Gasteiger charge is 2.22. The Hall–Kier alpha value is -2.20. The van der Waals surface area contributed by atoms with Crippen LogP contribution in [-0.4, -0.2) is 29.7 Å². The number of ether oxygens (including phenoxy) is 1. The minimum absolute atomic E-state index is 0.00947. The van der Waals surface area contributed by atoms with E-state index in [0.29, 0.717) is 6.61 Å². The van der Waals surface area contributed by atoms with Gasteiger partial charge in [-0.25, -0.2) is 4.98 Å². The van der Waals surface area contributed by atoms with Crippen molar-refractivity contribution in [1.82, 2.24) is 4.98 Å². The molecule has 0 saturated heterocycles. The van der Waals surface area contributed by atoms with Crippen molar-refractivity contribution in [2.24, 2.45) is 0 Å². The Labute approximate surface area is 105 Å². The molecule has 0 aliphatic heterocycles. The van der Waals surface area contributed by atoms with Crippen molar-refractivity contribution in [1.29, 1.82) is 5.26 Å². The summed E-state index contributed by atoms with van der Waals surface area (Å²) in [4.78, 5) is 14.3. The van der Waals surface area contributed by atoms with E-state index in [0.717, 1.165) is 6.42 Å². The van der Waals surface area contributed by atoms with Crippen LogP contribution in [0.5, 0.6) is 0 Å². The van der Waals surface area contributed by atoms with Crippen molar-refractivity contribution in [3.63, 3.8) is 0 Å². The van der Waals surface area contributed by atoms with E-state index in [2.05, 4.69) is 10.3 Å². The first kappa shape index (κ1) is 13.9. The van der Waals surface area contributed by atoms with Crippen molar-refractivity contribution >= 4 is 11.5 Å². The van der Waals surface area contributed by atoms with Gasteiger partial charge in [-0.05, 0) is 12.5 Å². The average molecular weight is 250 g/mol. The van der Waals surface area contributed by atoms with Crippen molar-refractivity contribution in [3.8, 4) is 6.07 Å². The number of rotatable bonds is 6. The van der Waals surface area contributed by atoms with Crippen molar-refractivity contribution in [2.75, 3.05) is 19.0 Å². The predicted octanol–water partition coefficient (Wildman–Crippen LogP) is 1.70. The molecule has 0 saturated carbocycles. The molecule has 7 heteroatoms. The Balaban J connectivity index is 3.08. The molecule has 7 nitrogen and oxygen atoms in total. The van der Waals surface area contributed by atoms with Gasteiger partial charge in [0.2, 0.25) is 5.82 Å². The molecule has 0 aromatic carbocycles. The van der Waals surface area contributed by atoms with Gasteiger partial charge in [-0.3, -0.25) is 10.1 Å². The third-order valence-corrected chi connectivity index (χ3v) is 2.43. The number of hydrogen-bond acceptors (Lipinski definition) is 6. The van der Waals surface area contributed by atoms with E-state index >= 15 is 0 Å². The topological polar surface area (TPSA) is 101 Å². The summed E-state index contributed by atoms with van der Waals surface area (Å²) in [6.45, 7) is 2.34. The second-order valence-electron chi connectivity index (χ2n) is 3.63. The lowest BCUT2D eigenvalue weighted by Crippen LogP contribution is -2.25. The molecule has 18 heavy (non-hydrogen) atoms. The summed E-state index contributed by atoms with van der Waals surface area (Å²) in [6.07, 6.45) is 2.09. The Bertz CT molecular complexity index is 470. The normalized spacial score (nSPS) is 11.6. The van der Waals surface area contributed by atoms with Crippen molar-refractivity contribution < 1.29 is 9.66 Å². The molecule has 1 heterocycles. The van der Waals surface area contributed by atoms with Crippen molar-refractivity contribution in [2.45, 2.75) is 19.4 Å². The van der Waals surface area contributed by atoms with Crippen LogP contribution in [0.3, 0.4) is 0 Å². The zero-order valence-corrected chi connectivity index (χ0v) is 10.2. The first-order chi connectivity index (χ1) is 8.63. The number of nitro groups is 1. The maximum absolute atomic E-state index is 11.0. The highest BCUT2D eigenvalue weighted by Crippen LogP contribution is 2.26. The molecule has 0 fully saturated rings. The minimum atomic E-state index is -0.604. The molecule has 1 unspecified atom stereocenters. The molecule has 0 aliphatic carbocycles. The number of nitriles is 1.